The molecule has 2 aromatic rings. The molecular formula is C13H14BrNS. The number of rotatable bonds is 4. The van der Waals surface area contributed by atoms with Crippen LogP contribution in [-0.4, -0.2) is 11.9 Å². The molecule has 84 valence electrons. The van der Waals surface area contributed by atoms with Crippen LogP contribution in [0.1, 0.15) is 11.1 Å². The van der Waals surface area contributed by atoms with Gasteiger partial charge < -0.3 is 0 Å². The predicted molar refractivity (Wildman–Crippen MR) is 73.6 cm³/mol. The first-order valence-corrected chi connectivity index (χ1v) is 6.87. The highest BCUT2D eigenvalue weighted by atomic mass is 79.9. The van der Waals surface area contributed by atoms with Crippen LogP contribution in [0, 0.1) is 0 Å². The molecule has 1 nitrogen and oxygen atoms in total. The molecule has 0 amide bonds. The Morgan fingerprint density at radius 3 is 2.50 bits per heavy atom. The standard InChI is InChI=1S/C13H14BrNS/c1-15(9-11-5-3-2-4-6-11)10-12-7-8-16-13(12)14/h2-8H,9-10H2,1H3. The molecule has 0 aliphatic rings. The molecule has 3 heteroatoms. The van der Waals surface area contributed by atoms with Gasteiger partial charge >= 0.3 is 0 Å². The maximum atomic E-state index is 3.57. The van der Waals surface area contributed by atoms with E-state index in [2.05, 4.69) is 69.7 Å². The van der Waals surface area contributed by atoms with Crippen molar-refractivity contribution in [3.63, 3.8) is 0 Å². The molecule has 0 atom stereocenters. The summed E-state index contributed by atoms with van der Waals surface area (Å²) in [5.41, 5.74) is 2.72. The Bertz CT molecular complexity index is 438. The average molecular weight is 296 g/mol. The normalized spacial score (nSPS) is 10.9. The van der Waals surface area contributed by atoms with Gasteiger partial charge in [0.05, 0.1) is 3.79 Å². The van der Waals surface area contributed by atoms with E-state index < -0.39 is 0 Å². The zero-order chi connectivity index (χ0) is 11.4. The Labute approximate surface area is 109 Å². The number of benzene rings is 1. The van der Waals surface area contributed by atoms with E-state index >= 15 is 0 Å². The van der Waals surface area contributed by atoms with Crippen LogP contribution in [0.5, 0.6) is 0 Å². The van der Waals surface area contributed by atoms with Crippen LogP contribution in [0.2, 0.25) is 0 Å². The van der Waals surface area contributed by atoms with Crippen LogP contribution >= 0.6 is 27.3 Å². The number of hydrogen-bond donors (Lipinski definition) is 0. The van der Waals surface area contributed by atoms with Crippen LogP contribution in [0.25, 0.3) is 0 Å². The zero-order valence-electron chi connectivity index (χ0n) is 9.19. The molecule has 0 spiro atoms. The minimum Gasteiger partial charge on any atom is -0.298 e. The van der Waals surface area contributed by atoms with Crippen LogP contribution in [0.15, 0.2) is 45.6 Å². The maximum absolute atomic E-state index is 3.57. The molecule has 0 aliphatic heterocycles. The van der Waals surface area contributed by atoms with E-state index in [1.807, 2.05) is 0 Å². The lowest BCUT2D eigenvalue weighted by Crippen LogP contribution is -2.16. The first-order valence-electron chi connectivity index (χ1n) is 5.20. The highest BCUT2D eigenvalue weighted by molar-refractivity contribution is 9.11. The summed E-state index contributed by atoms with van der Waals surface area (Å²) in [6.07, 6.45) is 0. The van der Waals surface area contributed by atoms with Gasteiger partial charge in [-0.15, -0.1) is 11.3 Å². The quantitative estimate of drug-likeness (QED) is 0.819. The van der Waals surface area contributed by atoms with E-state index in [1.54, 1.807) is 11.3 Å². The largest absolute Gasteiger partial charge is 0.298 e. The third-order valence-electron chi connectivity index (χ3n) is 2.43. The molecule has 0 saturated heterocycles. The van der Waals surface area contributed by atoms with E-state index in [0.29, 0.717) is 0 Å². The summed E-state index contributed by atoms with van der Waals surface area (Å²) in [6, 6.07) is 12.7. The summed E-state index contributed by atoms with van der Waals surface area (Å²) in [5.74, 6) is 0. The van der Waals surface area contributed by atoms with Crippen molar-refractivity contribution in [3.8, 4) is 0 Å². The zero-order valence-corrected chi connectivity index (χ0v) is 11.6. The van der Waals surface area contributed by atoms with E-state index in [9.17, 15) is 0 Å². The van der Waals surface area contributed by atoms with Crippen LogP contribution in [0.4, 0.5) is 0 Å². The van der Waals surface area contributed by atoms with Crippen molar-refractivity contribution in [3.05, 3.63) is 56.7 Å². The lowest BCUT2D eigenvalue weighted by atomic mass is 10.2. The van der Waals surface area contributed by atoms with Gasteiger partial charge in [0, 0.05) is 13.1 Å². The number of halogens is 1. The van der Waals surface area contributed by atoms with E-state index in [-0.39, 0.29) is 0 Å². The van der Waals surface area contributed by atoms with Gasteiger partial charge in [-0.3, -0.25) is 4.90 Å². The molecule has 0 saturated carbocycles. The van der Waals surface area contributed by atoms with Gasteiger partial charge in [0.1, 0.15) is 0 Å². The molecule has 0 radical (unpaired) electrons. The lowest BCUT2D eigenvalue weighted by molar-refractivity contribution is 0.319. The van der Waals surface area contributed by atoms with Gasteiger partial charge in [-0.05, 0) is 45.6 Å². The Kier molecular flexibility index (Phi) is 4.16. The molecule has 0 bridgehead atoms. The predicted octanol–water partition coefficient (Wildman–Crippen LogP) is 4.14. The Morgan fingerprint density at radius 1 is 1.12 bits per heavy atom. The Balaban J connectivity index is 1.95. The highest BCUT2D eigenvalue weighted by Gasteiger charge is 2.05. The Hall–Kier alpha value is -0.640. The lowest BCUT2D eigenvalue weighted by Gasteiger charge is -2.16. The fourth-order valence-corrected chi connectivity index (χ4v) is 2.89. The second-order valence-corrected chi connectivity index (χ2v) is 6.11. The first kappa shape index (κ1) is 11.8. The molecule has 0 fully saturated rings. The topological polar surface area (TPSA) is 3.24 Å². The summed E-state index contributed by atoms with van der Waals surface area (Å²) in [4.78, 5) is 2.32. The third kappa shape index (κ3) is 3.17. The minimum atomic E-state index is 0.985. The smallest absolute Gasteiger partial charge is 0.0743 e. The van der Waals surface area contributed by atoms with Crippen molar-refractivity contribution in [2.45, 2.75) is 13.1 Å². The van der Waals surface area contributed by atoms with E-state index in [0.717, 1.165) is 13.1 Å². The molecule has 1 aromatic carbocycles. The van der Waals surface area contributed by atoms with Gasteiger partial charge in [-0.2, -0.15) is 0 Å². The van der Waals surface area contributed by atoms with Gasteiger partial charge in [-0.1, -0.05) is 30.3 Å². The van der Waals surface area contributed by atoms with E-state index in [1.165, 1.54) is 14.9 Å². The third-order valence-corrected chi connectivity index (χ3v) is 4.24. The summed E-state index contributed by atoms with van der Waals surface area (Å²) in [6.45, 7) is 1.97. The maximum Gasteiger partial charge on any atom is 0.0743 e. The SMILES string of the molecule is CN(Cc1ccccc1)Cc1ccsc1Br. The Morgan fingerprint density at radius 2 is 1.88 bits per heavy atom. The minimum absolute atomic E-state index is 0.985. The summed E-state index contributed by atoms with van der Waals surface area (Å²) >= 11 is 5.31. The fraction of sp³-hybridized carbons (Fsp3) is 0.231. The molecule has 16 heavy (non-hydrogen) atoms. The molecule has 0 unspecified atom stereocenters. The summed E-state index contributed by atoms with van der Waals surface area (Å²) < 4.78 is 1.24. The second-order valence-electron chi connectivity index (χ2n) is 3.88. The number of nitrogens with zero attached hydrogens (tertiary/aromatic N) is 1. The van der Waals surface area contributed by atoms with Crippen molar-refractivity contribution >= 4 is 27.3 Å². The number of hydrogen-bond acceptors (Lipinski definition) is 2. The fourth-order valence-electron chi connectivity index (χ4n) is 1.67. The van der Waals surface area contributed by atoms with Crippen molar-refractivity contribution in [1.29, 1.82) is 0 Å². The average Bonchev–Trinajstić information content (AvgIpc) is 2.66. The number of thiophene rings is 1. The van der Waals surface area contributed by atoms with Crippen molar-refractivity contribution in [1.82, 2.24) is 4.90 Å². The highest BCUT2D eigenvalue weighted by Crippen LogP contribution is 2.24. The summed E-state index contributed by atoms with van der Waals surface area (Å²) in [5, 5.41) is 2.12. The first-order chi connectivity index (χ1) is 7.75. The van der Waals surface area contributed by atoms with Gasteiger partial charge in [-0.25, -0.2) is 0 Å². The van der Waals surface area contributed by atoms with Crippen LogP contribution < -0.4 is 0 Å². The van der Waals surface area contributed by atoms with Crippen molar-refractivity contribution < 1.29 is 0 Å². The molecular weight excluding hydrogens is 282 g/mol. The molecule has 0 aliphatic carbocycles. The van der Waals surface area contributed by atoms with Crippen LogP contribution in [-0.2, 0) is 13.1 Å². The molecule has 1 aromatic heterocycles. The molecule has 2 rings (SSSR count). The van der Waals surface area contributed by atoms with Crippen molar-refractivity contribution in [2.24, 2.45) is 0 Å². The van der Waals surface area contributed by atoms with Crippen molar-refractivity contribution in [2.75, 3.05) is 7.05 Å². The monoisotopic (exact) mass is 295 g/mol. The molecule has 1 heterocycles. The molecule has 0 N–H and O–H groups in total. The van der Waals surface area contributed by atoms with Gasteiger partial charge in [0.25, 0.3) is 0 Å². The summed E-state index contributed by atoms with van der Waals surface area (Å²) in [7, 11) is 2.15. The van der Waals surface area contributed by atoms with E-state index in [4.69, 9.17) is 0 Å². The van der Waals surface area contributed by atoms with Crippen LogP contribution in [0.3, 0.4) is 0 Å². The second kappa shape index (κ2) is 5.62. The van der Waals surface area contributed by atoms with Gasteiger partial charge in [0.15, 0.2) is 0 Å². The van der Waals surface area contributed by atoms with Gasteiger partial charge in [0.2, 0.25) is 0 Å².